The molecule has 1 aromatic heterocycles. The molecule has 2 aliphatic heterocycles. The van der Waals surface area contributed by atoms with E-state index in [2.05, 4.69) is 23.0 Å². The molecule has 0 aromatic carbocycles. The average Bonchev–Trinajstić information content (AvgIpc) is 2.87. The lowest BCUT2D eigenvalue weighted by Crippen LogP contribution is -2.44. The minimum absolute atomic E-state index is 0.0598. The van der Waals surface area contributed by atoms with Crippen LogP contribution in [0, 0.1) is 0 Å². The van der Waals surface area contributed by atoms with Crippen molar-refractivity contribution in [2.24, 2.45) is 0 Å². The van der Waals surface area contributed by atoms with Crippen molar-refractivity contribution in [1.29, 1.82) is 0 Å². The summed E-state index contributed by atoms with van der Waals surface area (Å²) in [5.41, 5.74) is 1.26. The fourth-order valence-corrected chi connectivity index (χ4v) is 3.22. The maximum absolute atomic E-state index is 11.9. The number of anilines is 1. The number of fused-ring (bicyclic) bond motifs is 2. The van der Waals surface area contributed by atoms with Gasteiger partial charge in [-0.15, -0.1) is 0 Å². The van der Waals surface area contributed by atoms with Gasteiger partial charge in [0.15, 0.2) is 0 Å². The number of carbonyl (C=O) groups is 1. The number of methoxy groups -OCH3 is 1. The van der Waals surface area contributed by atoms with Gasteiger partial charge in [0.05, 0.1) is 7.11 Å². The fourth-order valence-electron chi connectivity index (χ4n) is 3.22. The van der Waals surface area contributed by atoms with Crippen LogP contribution in [0.5, 0.6) is 0 Å². The number of hydrogen-bond donors (Lipinski definition) is 0. The van der Waals surface area contributed by atoms with Crippen LogP contribution in [0.15, 0.2) is 18.3 Å². The van der Waals surface area contributed by atoms with Gasteiger partial charge in [-0.3, -0.25) is 4.90 Å². The van der Waals surface area contributed by atoms with E-state index in [0.29, 0.717) is 6.54 Å². The number of likely N-dealkylation sites (tertiary alicyclic amines) is 1. The third-order valence-corrected chi connectivity index (χ3v) is 4.41. The molecule has 2 aliphatic rings. The SMILES string of the molecule is CC.COC(=O)N1CC2(CCN(C)CC2)c2cccnc21. The molecule has 1 spiro atoms. The van der Waals surface area contributed by atoms with Crippen LogP contribution in [0.25, 0.3) is 0 Å². The lowest BCUT2D eigenvalue weighted by molar-refractivity contribution is 0.170. The largest absolute Gasteiger partial charge is 0.452 e. The van der Waals surface area contributed by atoms with E-state index in [-0.39, 0.29) is 11.5 Å². The monoisotopic (exact) mass is 291 g/mol. The van der Waals surface area contributed by atoms with Gasteiger partial charge < -0.3 is 9.64 Å². The Balaban J connectivity index is 0.000000774. The summed E-state index contributed by atoms with van der Waals surface area (Å²) in [6.45, 7) is 6.81. The van der Waals surface area contributed by atoms with E-state index in [0.717, 1.165) is 31.7 Å². The van der Waals surface area contributed by atoms with E-state index >= 15 is 0 Å². The number of pyridine rings is 1. The molecule has 5 heteroatoms. The van der Waals surface area contributed by atoms with Crippen LogP contribution in [0.2, 0.25) is 0 Å². The lowest BCUT2D eigenvalue weighted by Gasteiger charge is -2.38. The third kappa shape index (κ3) is 2.75. The minimum Gasteiger partial charge on any atom is -0.452 e. The van der Waals surface area contributed by atoms with Gasteiger partial charge in [0.1, 0.15) is 5.82 Å². The smallest absolute Gasteiger partial charge is 0.415 e. The van der Waals surface area contributed by atoms with Gasteiger partial charge in [-0.1, -0.05) is 19.9 Å². The maximum atomic E-state index is 11.9. The van der Waals surface area contributed by atoms with Crippen molar-refractivity contribution in [2.75, 3.05) is 38.7 Å². The minimum atomic E-state index is -0.309. The number of piperidine rings is 1. The van der Waals surface area contributed by atoms with E-state index in [4.69, 9.17) is 4.74 Å². The first kappa shape index (κ1) is 15.8. The van der Waals surface area contributed by atoms with Crippen molar-refractivity contribution in [3.63, 3.8) is 0 Å². The van der Waals surface area contributed by atoms with Crippen LogP contribution in [-0.2, 0) is 10.2 Å². The summed E-state index contributed by atoms with van der Waals surface area (Å²) in [5.74, 6) is 0.777. The molecular formula is C16H25N3O2. The molecule has 21 heavy (non-hydrogen) atoms. The molecule has 0 aliphatic carbocycles. The highest BCUT2D eigenvalue weighted by Gasteiger charge is 2.47. The number of carbonyl (C=O) groups excluding carboxylic acids is 1. The van der Waals surface area contributed by atoms with Gasteiger partial charge in [-0.05, 0) is 39.0 Å². The molecule has 1 fully saturated rings. The Hall–Kier alpha value is -1.62. The molecule has 0 bridgehead atoms. The Labute approximate surface area is 126 Å². The highest BCUT2D eigenvalue weighted by Crippen LogP contribution is 2.45. The predicted octanol–water partition coefficient (Wildman–Crippen LogP) is 2.66. The van der Waals surface area contributed by atoms with Crippen LogP contribution in [0.4, 0.5) is 10.6 Å². The summed E-state index contributed by atoms with van der Waals surface area (Å²) in [4.78, 5) is 20.3. The number of amides is 1. The quantitative estimate of drug-likeness (QED) is 0.737. The highest BCUT2D eigenvalue weighted by atomic mass is 16.5. The Morgan fingerprint density at radius 2 is 2.00 bits per heavy atom. The zero-order valence-corrected chi connectivity index (χ0v) is 13.4. The molecular weight excluding hydrogens is 266 g/mol. The number of hydrogen-bond acceptors (Lipinski definition) is 4. The molecule has 0 N–H and O–H groups in total. The zero-order chi connectivity index (χ0) is 15.5. The summed E-state index contributed by atoms with van der Waals surface area (Å²) in [7, 11) is 3.56. The molecule has 116 valence electrons. The number of ether oxygens (including phenoxy) is 1. The topological polar surface area (TPSA) is 45.7 Å². The molecule has 1 saturated heterocycles. The summed E-state index contributed by atoms with van der Waals surface area (Å²) in [6, 6.07) is 4.07. The predicted molar refractivity (Wildman–Crippen MR) is 83.7 cm³/mol. The Kier molecular flexibility index (Phi) is 4.83. The summed E-state index contributed by atoms with van der Waals surface area (Å²) < 4.78 is 4.88. The van der Waals surface area contributed by atoms with Crippen molar-refractivity contribution >= 4 is 11.9 Å². The fraction of sp³-hybridized carbons (Fsp3) is 0.625. The molecule has 1 aromatic rings. The average molecular weight is 291 g/mol. The van der Waals surface area contributed by atoms with Gasteiger partial charge >= 0.3 is 6.09 Å². The first-order valence-corrected chi connectivity index (χ1v) is 7.66. The van der Waals surface area contributed by atoms with Crippen LogP contribution >= 0.6 is 0 Å². The standard InChI is InChI=1S/C14H19N3O2.C2H6/c1-16-8-5-14(6-9-16)10-17(13(18)19-2)12-11(14)4-3-7-15-12;1-2/h3-4,7H,5-6,8-10H2,1-2H3;1-2H3. The summed E-state index contributed by atoms with van der Waals surface area (Å²) >= 11 is 0. The van der Waals surface area contributed by atoms with Gasteiger partial charge in [0, 0.05) is 23.7 Å². The Morgan fingerprint density at radius 1 is 1.33 bits per heavy atom. The highest BCUT2D eigenvalue weighted by molar-refractivity contribution is 5.89. The first-order valence-electron chi connectivity index (χ1n) is 7.66. The van der Waals surface area contributed by atoms with Gasteiger partial charge in [-0.2, -0.15) is 0 Å². The molecule has 3 rings (SSSR count). The molecule has 0 unspecified atom stereocenters. The van der Waals surface area contributed by atoms with E-state index in [1.54, 1.807) is 11.1 Å². The van der Waals surface area contributed by atoms with E-state index in [9.17, 15) is 4.79 Å². The first-order chi connectivity index (χ1) is 10.2. The van der Waals surface area contributed by atoms with E-state index in [1.165, 1.54) is 12.7 Å². The van der Waals surface area contributed by atoms with Gasteiger partial charge in [0.25, 0.3) is 0 Å². The van der Waals surface area contributed by atoms with Gasteiger partial charge in [-0.25, -0.2) is 9.78 Å². The maximum Gasteiger partial charge on any atom is 0.415 e. The number of aromatic nitrogens is 1. The second-order valence-corrected chi connectivity index (χ2v) is 5.51. The lowest BCUT2D eigenvalue weighted by atomic mass is 9.75. The van der Waals surface area contributed by atoms with Crippen molar-refractivity contribution < 1.29 is 9.53 Å². The van der Waals surface area contributed by atoms with Crippen LogP contribution in [0.1, 0.15) is 32.3 Å². The van der Waals surface area contributed by atoms with E-state index in [1.807, 2.05) is 19.9 Å². The van der Waals surface area contributed by atoms with Crippen molar-refractivity contribution in [3.8, 4) is 0 Å². The van der Waals surface area contributed by atoms with Crippen LogP contribution < -0.4 is 4.90 Å². The molecule has 1 amide bonds. The zero-order valence-electron chi connectivity index (χ0n) is 13.4. The molecule has 0 atom stereocenters. The molecule has 3 heterocycles. The molecule has 0 saturated carbocycles. The van der Waals surface area contributed by atoms with E-state index < -0.39 is 0 Å². The van der Waals surface area contributed by atoms with Crippen LogP contribution in [0.3, 0.4) is 0 Å². The molecule has 5 nitrogen and oxygen atoms in total. The second-order valence-electron chi connectivity index (χ2n) is 5.51. The molecule has 0 radical (unpaired) electrons. The summed E-state index contributed by atoms with van der Waals surface area (Å²) in [5, 5.41) is 0. The van der Waals surface area contributed by atoms with Crippen molar-refractivity contribution in [2.45, 2.75) is 32.1 Å². The van der Waals surface area contributed by atoms with Crippen molar-refractivity contribution in [1.82, 2.24) is 9.88 Å². The Bertz CT molecular complexity index is 496. The van der Waals surface area contributed by atoms with Crippen molar-refractivity contribution in [3.05, 3.63) is 23.9 Å². The van der Waals surface area contributed by atoms with Crippen LogP contribution in [-0.4, -0.2) is 49.8 Å². The van der Waals surface area contributed by atoms with Gasteiger partial charge in [0.2, 0.25) is 0 Å². The second kappa shape index (κ2) is 6.43. The number of rotatable bonds is 0. The summed E-state index contributed by atoms with van der Waals surface area (Å²) in [6.07, 6.45) is 3.56. The Morgan fingerprint density at radius 3 is 2.62 bits per heavy atom. The third-order valence-electron chi connectivity index (χ3n) is 4.41. The number of nitrogens with zero attached hydrogens (tertiary/aromatic N) is 3. The normalized spacial score (nSPS) is 19.7.